The van der Waals surface area contributed by atoms with Crippen molar-refractivity contribution in [2.75, 3.05) is 0 Å². The van der Waals surface area contributed by atoms with Gasteiger partial charge >= 0.3 is 0 Å². The van der Waals surface area contributed by atoms with Crippen LogP contribution in [0.15, 0.2) is 83.9 Å². The van der Waals surface area contributed by atoms with Crippen LogP contribution in [-0.4, -0.2) is 17.2 Å². The molecule has 0 amide bonds. The summed E-state index contributed by atoms with van der Waals surface area (Å²) >= 11 is 0. The summed E-state index contributed by atoms with van der Waals surface area (Å²) in [5.74, 6) is -0.256. The lowest BCUT2D eigenvalue weighted by molar-refractivity contribution is -0.138. The number of amidine groups is 1. The van der Waals surface area contributed by atoms with Crippen LogP contribution < -0.4 is 5.32 Å². The minimum Gasteiger partial charge on any atom is -0.380 e. The number of rotatable bonds is 6. The fourth-order valence-corrected chi connectivity index (χ4v) is 3.25. The van der Waals surface area contributed by atoms with Gasteiger partial charge in [-0.1, -0.05) is 60.7 Å². The number of nitrogens with one attached hydrogen (secondary N) is 1. The van der Waals surface area contributed by atoms with Gasteiger partial charge < -0.3 is 15.2 Å². The van der Waals surface area contributed by atoms with Crippen LogP contribution in [-0.2, 0) is 21.9 Å². The SMILES string of the molecule is O=CC1(OCc2ccccc2)NC(C(O)c2ccc(F)cc2)=Nc2ccccc21. The van der Waals surface area contributed by atoms with E-state index in [9.17, 15) is 14.3 Å². The van der Waals surface area contributed by atoms with Crippen LogP contribution in [0.5, 0.6) is 0 Å². The third-order valence-corrected chi connectivity index (χ3v) is 4.78. The van der Waals surface area contributed by atoms with Crippen molar-refractivity contribution in [1.29, 1.82) is 0 Å². The lowest BCUT2D eigenvalue weighted by Gasteiger charge is -2.36. The molecule has 0 aromatic heterocycles. The third kappa shape index (κ3) is 3.81. The lowest BCUT2D eigenvalue weighted by Crippen LogP contribution is -2.52. The number of hydrogen-bond acceptors (Lipinski definition) is 5. The molecule has 0 saturated heterocycles. The van der Waals surface area contributed by atoms with Gasteiger partial charge in [-0.15, -0.1) is 0 Å². The van der Waals surface area contributed by atoms with Crippen LogP contribution in [0.3, 0.4) is 0 Å². The maximum absolute atomic E-state index is 13.2. The zero-order valence-electron chi connectivity index (χ0n) is 15.5. The number of aliphatic imine (C=N–C) groups is 1. The highest BCUT2D eigenvalue weighted by atomic mass is 19.1. The molecular weight excluding hydrogens is 371 g/mol. The quantitative estimate of drug-likeness (QED) is 0.629. The molecule has 3 aromatic carbocycles. The molecule has 0 saturated carbocycles. The van der Waals surface area contributed by atoms with Gasteiger partial charge in [0.05, 0.1) is 12.3 Å². The summed E-state index contributed by atoms with van der Waals surface area (Å²) in [6, 6.07) is 22.0. The van der Waals surface area contributed by atoms with Crippen molar-refractivity contribution in [3.63, 3.8) is 0 Å². The Labute approximate surface area is 167 Å². The van der Waals surface area contributed by atoms with Crippen molar-refractivity contribution >= 4 is 17.8 Å². The van der Waals surface area contributed by atoms with Gasteiger partial charge in [-0.25, -0.2) is 9.38 Å². The van der Waals surface area contributed by atoms with Gasteiger partial charge in [-0.3, -0.25) is 4.79 Å². The van der Waals surface area contributed by atoms with Crippen LogP contribution in [0.2, 0.25) is 0 Å². The molecule has 0 aliphatic carbocycles. The van der Waals surface area contributed by atoms with E-state index in [0.29, 0.717) is 23.1 Å². The Morgan fingerprint density at radius 3 is 2.45 bits per heavy atom. The third-order valence-electron chi connectivity index (χ3n) is 4.78. The number of fused-ring (bicyclic) bond motifs is 1. The zero-order valence-corrected chi connectivity index (χ0v) is 15.5. The Morgan fingerprint density at radius 2 is 1.72 bits per heavy atom. The maximum Gasteiger partial charge on any atom is 0.225 e. The standard InChI is InChI=1S/C23H19FN2O3/c24-18-12-10-17(11-13-18)21(28)22-25-20-9-5-4-8-19(20)23(15-27,26-22)29-14-16-6-2-1-3-7-16/h1-13,15,21,28H,14H2,(H,25,26). The first-order chi connectivity index (χ1) is 14.1. The predicted molar refractivity (Wildman–Crippen MR) is 107 cm³/mol. The summed E-state index contributed by atoms with van der Waals surface area (Å²) in [7, 11) is 0. The Hall–Kier alpha value is -3.35. The number of carbonyl (C=O) groups excluding carboxylic acids is 1. The van der Waals surface area contributed by atoms with Gasteiger partial charge in [-0.05, 0) is 29.3 Å². The second kappa shape index (κ2) is 7.95. The molecule has 1 aliphatic heterocycles. The smallest absolute Gasteiger partial charge is 0.225 e. The Bertz CT molecular complexity index is 1040. The predicted octanol–water partition coefficient (Wildman–Crippen LogP) is 3.76. The number of aldehydes is 1. The van der Waals surface area contributed by atoms with Crippen LogP contribution >= 0.6 is 0 Å². The van der Waals surface area contributed by atoms with E-state index < -0.39 is 17.6 Å². The summed E-state index contributed by atoms with van der Waals surface area (Å²) < 4.78 is 19.3. The summed E-state index contributed by atoms with van der Waals surface area (Å²) in [5.41, 5.74) is 0.907. The molecule has 2 N–H and O–H groups in total. The monoisotopic (exact) mass is 390 g/mol. The molecule has 0 bridgehead atoms. The average molecular weight is 390 g/mol. The van der Waals surface area contributed by atoms with Crippen LogP contribution in [0.1, 0.15) is 22.8 Å². The molecule has 2 atom stereocenters. The van der Waals surface area contributed by atoms with Gasteiger partial charge in [0.2, 0.25) is 5.72 Å². The van der Waals surface area contributed by atoms with Gasteiger partial charge in [0.25, 0.3) is 0 Å². The van der Waals surface area contributed by atoms with Crippen molar-refractivity contribution in [2.24, 2.45) is 4.99 Å². The average Bonchev–Trinajstić information content (AvgIpc) is 2.78. The first kappa shape index (κ1) is 19.0. The molecule has 1 heterocycles. The maximum atomic E-state index is 13.2. The molecule has 0 fully saturated rings. The summed E-state index contributed by atoms with van der Waals surface area (Å²) in [6.07, 6.45) is -0.510. The zero-order chi connectivity index (χ0) is 20.3. The van der Waals surface area contributed by atoms with Gasteiger partial charge in [0.15, 0.2) is 6.29 Å². The van der Waals surface area contributed by atoms with E-state index in [1.807, 2.05) is 30.3 Å². The molecule has 6 heteroatoms. The van der Waals surface area contributed by atoms with E-state index in [1.165, 1.54) is 24.3 Å². The molecular formula is C23H19FN2O3. The van der Waals surface area contributed by atoms with Gasteiger partial charge in [-0.2, -0.15) is 0 Å². The first-order valence-corrected chi connectivity index (χ1v) is 9.15. The highest BCUT2D eigenvalue weighted by molar-refractivity contribution is 5.95. The summed E-state index contributed by atoms with van der Waals surface area (Å²) in [4.78, 5) is 16.7. The van der Waals surface area contributed by atoms with E-state index in [1.54, 1.807) is 24.3 Å². The molecule has 1 aliphatic rings. The number of benzene rings is 3. The minimum absolute atomic E-state index is 0.149. The number of halogens is 1. The normalized spacial score (nSPS) is 18.9. The molecule has 29 heavy (non-hydrogen) atoms. The molecule has 0 spiro atoms. The molecule has 146 valence electrons. The molecule has 2 unspecified atom stereocenters. The van der Waals surface area contributed by atoms with Gasteiger partial charge in [0, 0.05) is 5.56 Å². The number of aliphatic hydroxyl groups is 1. The fourth-order valence-electron chi connectivity index (χ4n) is 3.25. The van der Waals surface area contributed by atoms with E-state index >= 15 is 0 Å². The highest BCUT2D eigenvalue weighted by Crippen LogP contribution is 2.36. The van der Waals surface area contributed by atoms with Crippen molar-refractivity contribution < 1.29 is 19.0 Å². The number of nitrogens with zero attached hydrogens (tertiary/aromatic N) is 1. The number of ether oxygens (including phenoxy) is 1. The fraction of sp³-hybridized carbons (Fsp3) is 0.130. The van der Waals surface area contributed by atoms with Crippen molar-refractivity contribution in [2.45, 2.75) is 18.4 Å². The van der Waals surface area contributed by atoms with Crippen LogP contribution in [0.25, 0.3) is 0 Å². The Morgan fingerprint density at radius 1 is 1.03 bits per heavy atom. The van der Waals surface area contributed by atoms with Crippen LogP contribution in [0, 0.1) is 5.82 Å². The molecule has 3 aromatic rings. The highest BCUT2D eigenvalue weighted by Gasteiger charge is 2.41. The number of carbonyl (C=O) groups is 1. The minimum atomic E-state index is -1.51. The largest absolute Gasteiger partial charge is 0.380 e. The molecule has 4 rings (SSSR count). The number of para-hydroxylation sites is 1. The van der Waals surface area contributed by atoms with Crippen molar-refractivity contribution in [1.82, 2.24) is 5.32 Å². The van der Waals surface area contributed by atoms with Crippen molar-refractivity contribution in [3.05, 3.63) is 101 Å². The van der Waals surface area contributed by atoms with E-state index in [4.69, 9.17) is 4.74 Å². The molecule has 5 nitrogen and oxygen atoms in total. The van der Waals surface area contributed by atoms with Crippen molar-refractivity contribution in [3.8, 4) is 0 Å². The lowest BCUT2D eigenvalue weighted by atomic mass is 9.97. The Balaban J connectivity index is 1.69. The summed E-state index contributed by atoms with van der Waals surface area (Å²) in [6.45, 7) is 0.181. The van der Waals surface area contributed by atoms with E-state index in [0.717, 1.165) is 5.56 Å². The second-order valence-corrected chi connectivity index (χ2v) is 6.72. The second-order valence-electron chi connectivity index (χ2n) is 6.72. The van der Waals surface area contributed by atoms with E-state index in [2.05, 4.69) is 10.3 Å². The number of aliphatic hydroxyl groups excluding tert-OH is 1. The topological polar surface area (TPSA) is 70.9 Å². The summed E-state index contributed by atoms with van der Waals surface area (Å²) in [5, 5.41) is 13.8. The first-order valence-electron chi connectivity index (χ1n) is 9.15. The molecule has 0 radical (unpaired) electrons. The Kier molecular flexibility index (Phi) is 5.20. The van der Waals surface area contributed by atoms with Gasteiger partial charge in [0.1, 0.15) is 17.8 Å². The van der Waals surface area contributed by atoms with Crippen LogP contribution in [0.4, 0.5) is 10.1 Å². The number of hydrogen-bond donors (Lipinski definition) is 2. The van der Waals surface area contributed by atoms with E-state index in [-0.39, 0.29) is 12.4 Å².